The van der Waals surface area contributed by atoms with Crippen LogP contribution in [0.2, 0.25) is 0 Å². The molecule has 0 heterocycles. The van der Waals surface area contributed by atoms with Gasteiger partial charge in [0, 0.05) is 19.3 Å². The predicted molar refractivity (Wildman–Crippen MR) is 143 cm³/mol. The molecular formula is C28H33NO8S. The fraction of sp³-hybridized carbons (Fsp3) is 0.321. The highest BCUT2D eigenvalue weighted by Crippen LogP contribution is 2.43. The summed E-state index contributed by atoms with van der Waals surface area (Å²) in [6, 6.07) is 20.2. The van der Waals surface area contributed by atoms with Crippen molar-refractivity contribution >= 4 is 15.7 Å². The van der Waals surface area contributed by atoms with Crippen molar-refractivity contribution in [2.24, 2.45) is 5.92 Å². The van der Waals surface area contributed by atoms with Crippen molar-refractivity contribution in [1.82, 2.24) is 5.48 Å². The Morgan fingerprint density at radius 3 is 2.11 bits per heavy atom. The van der Waals surface area contributed by atoms with Crippen LogP contribution in [0.25, 0.3) is 22.3 Å². The molecule has 1 unspecified atom stereocenters. The van der Waals surface area contributed by atoms with Gasteiger partial charge >= 0.3 is 0 Å². The Labute approximate surface area is 223 Å². The van der Waals surface area contributed by atoms with Crippen molar-refractivity contribution in [2.45, 2.75) is 11.3 Å². The molecule has 204 valence electrons. The topological polar surface area (TPSA) is 120 Å². The number of benzene rings is 3. The van der Waals surface area contributed by atoms with Gasteiger partial charge < -0.3 is 18.9 Å². The highest BCUT2D eigenvalue weighted by Gasteiger charge is 2.31. The van der Waals surface area contributed by atoms with E-state index in [1.54, 1.807) is 5.48 Å². The Morgan fingerprint density at radius 2 is 1.50 bits per heavy atom. The molecule has 10 heteroatoms. The van der Waals surface area contributed by atoms with Gasteiger partial charge in [0.1, 0.15) is 0 Å². The number of hydroxylamine groups is 1. The maximum Gasteiger partial charge on any atom is 0.247 e. The lowest BCUT2D eigenvalue weighted by Gasteiger charge is -2.20. The number of carbonyl (C=O) groups excluding carboxylic acids is 1. The third-order valence-corrected chi connectivity index (χ3v) is 7.92. The van der Waals surface area contributed by atoms with E-state index in [2.05, 4.69) is 0 Å². The van der Waals surface area contributed by atoms with E-state index in [4.69, 9.17) is 18.9 Å². The number of sulfone groups is 1. The van der Waals surface area contributed by atoms with Gasteiger partial charge in [-0.15, -0.1) is 0 Å². The zero-order chi connectivity index (χ0) is 27.5. The molecule has 0 aliphatic heterocycles. The molecule has 1 atom stereocenters. The summed E-state index contributed by atoms with van der Waals surface area (Å²) in [4.78, 5) is 12.3. The first-order valence-electron chi connectivity index (χ1n) is 12.0. The Hall–Kier alpha value is -3.44. The van der Waals surface area contributed by atoms with Gasteiger partial charge in [-0.2, -0.15) is 0 Å². The van der Waals surface area contributed by atoms with E-state index < -0.39 is 27.4 Å². The number of rotatable bonds is 14. The molecule has 0 fully saturated rings. The van der Waals surface area contributed by atoms with E-state index in [-0.39, 0.29) is 23.7 Å². The minimum Gasteiger partial charge on any atom is -0.493 e. The summed E-state index contributed by atoms with van der Waals surface area (Å²) in [6.45, 7) is 0.791. The van der Waals surface area contributed by atoms with Crippen molar-refractivity contribution in [3.8, 4) is 33.8 Å². The normalized spacial score (nSPS) is 12.1. The highest BCUT2D eigenvalue weighted by molar-refractivity contribution is 7.91. The molecule has 2 N–H and O–H groups in total. The van der Waals surface area contributed by atoms with Crippen molar-refractivity contribution in [3.05, 3.63) is 66.7 Å². The van der Waals surface area contributed by atoms with Gasteiger partial charge in [0.2, 0.25) is 5.91 Å². The third-order valence-electron chi connectivity index (χ3n) is 6.07. The van der Waals surface area contributed by atoms with Crippen LogP contribution in [0, 0.1) is 5.92 Å². The van der Waals surface area contributed by atoms with E-state index in [1.165, 1.54) is 33.5 Å². The van der Waals surface area contributed by atoms with Gasteiger partial charge in [-0.25, -0.2) is 13.9 Å². The maximum absolute atomic E-state index is 13.7. The quantitative estimate of drug-likeness (QED) is 0.178. The summed E-state index contributed by atoms with van der Waals surface area (Å²) < 4.78 is 48.8. The van der Waals surface area contributed by atoms with Crippen LogP contribution in [0.1, 0.15) is 6.42 Å². The van der Waals surface area contributed by atoms with E-state index in [0.29, 0.717) is 30.1 Å². The van der Waals surface area contributed by atoms with Crippen LogP contribution in [-0.4, -0.2) is 66.4 Å². The minimum atomic E-state index is -4.05. The lowest BCUT2D eigenvalue weighted by atomic mass is 9.99. The van der Waals surface area contributed by atoms with Gasteiger partial charge in [0.25, 0.3) is 0 Å². The smallest absolute Gasteiger partial charge is 0.247 e. The average molecular weight is 544 g/mol. The van der Waals surface area contributed by atoms with Gasteiger partial charge in [-0.05, 0) is 35.2 Å². The van der Waals surface area contributed by atoms with Gasteiger partial charge in [-0.1, -0.05) is 54.6 Å². The molecule has 1 amide bonds. The van der Waals surface area contributed by atoms with E-state index >= 15 is 0 Å². The number of carbonyl (C=O) groups is 1. The van der Waals surface area contributed by atoms with Crippen LogP contribution in [0.3, 0.4) is 0 Å². The van der Waals surface area contributed by atoms with Crippen LogP contribution in [0.15, 0.2) is 71.6 Å². The molecular weight excluding hydrogens is 510 g/mol. The lowest BCUT2D eigenvalue weighted by Crippen LogP contribution is -2.34. The first kappa shape index (κ1) is 29.1. The fourth-order valence-corrected chi connectivity index (χ4v) is 5.93. The molecule has 9 nitrogen and oxygen atoms in total. The summed E-state index contributed by atoms with van der Waals surface area (Å²) in [5, 5.41) is 9.22. The zero-order valence-corrected chi connectivity index (χ0v) is 22.5. The average Bonchev–Trinajstić information content (AvgIpc) is 2.95. The lowest BCUT2D eigenvalue weighted by molar-refractivity contribution is -0.133. The number of ether oxygens (including phenoxy) is 4. The van der Waals surface area contributed by atoms with Crippen molar-refractivity contribution in [2.75, 3.05) is 46.9 Å². The van der Waals surface area contributed by atoms with Crippen LogP contribution >= 0.6 is 0 Å². The number of hydrogen-bond donors (Lipinski definition) is 2. The third kappa shape index (κ3) is 7.11. The monoisotopic (exact) mass is 543 g/mol. The van der Waals surface area contributed by atoms with E-state index in [1.807, 2.05) is 54.6 Å². The SMILES string of the molecule is COCCOCCC(CS(=O)(=O)c1ccc(OC)c(OC)c1-c1ccc(-c2ccccc2)cc1)C(=O)NO. The molecule has 0 bridgehead atoms. The second-order valence-electron chi connectivity index (χ2n) is 8.47. The molecule has 3 rings (SSSR count). The summed E-state index contributed by atoms with van der Waals surface area (Å²) in [5.41, 5.74) is 4.49. The second kappa shape index (κ2) is 13.9. The molecule has 0 spiro atoms. The Bertz CT molecular complexity index is 1290. The van der Waals surface area contributed by atoms with E-state index in [9.17, 15) is 18.4 Å². The van der Waals surface area contributed by atoms with Crippen LogP contribution in [0.5, 0.6) is 11.5 Å². The molecule has 0 radical (unpaired) electrons. The van der Waals surface area contributed by atoms with Gasteiger partial charge in [0.05, 0.1) is 44.0 Å². The van der Waals surface area contributed by atoms with Gasteiger partial charge in [-0.3, -0.25) is 10.0 Å². The maximum atomic E-state index is 13.7. The van der Waals surface area contributed by atoms with Crippen molar-refractivity contribution in [3.63, 3.8) is 0 Å². The number of hydrogen-bond acceptors (Lipinski definition) is 8. The first-order valence-corrected chi connectivity index (χ1v) is 13.7. The standard InChI is InChI=1S/C28H33NO8S/c1-34-17-18-37-16-15-23(28(30)29-31)19-38(32,33)25-14-13-24(35-2)27(36-3)26(25)22-11-9-21(10-12-22)20-7-5-4-6-8-20/h4-14,23,31H,15-19H2,1-3H3,(H,29,30). The van der Waals surface area contributed by atoms with Crippen LogP contribution in [-0.2, 0) is 24.1 Å². The zero-order valence-electron chi connectivity index (χ0n) is 21.7. The minimum absolute atomic E-state index is 0.0151. The Balaban J connectivity index is 2.01. The van der Waals surface area contributed by atoms with Gasteiger partial charge in [0.15, 0.2) is 21.3 Å². The summed E-state index contributed by atoms with van der Waals surface area (Å²) >= 11 is 0. The molecule has 0 aliphatic rings. The molecule has 0 aromatic heterocycles. The fourth-order valence-electron chi connectivity index (χ4n) is 4.11. The Morgan fingerprint density at radius 1 is 0.842 bits per heavy atom. The number of amides is 1. The molecule has 38 heavy (non-hydrogen) atoms. The Kier molecular flexibility index (Phi) is 10.7. The second-order valence-corrected chi connectivity index (χ2v) is 10.5. The molecule has 0 aliphatic carbocycles. The van der Waals surface area contributed by atoms with Crippen LogP contribution in [0.4, 0.5) is 0 Å². The van der Waals surface area contributed by atoms with Crippen LogP contribution < -0.4 is 15.0 Å². The molecule has 0 saturated carbocycles. The van der Waals surface area contributed by atoms with Crippen molar-refractivity contribution < 1.29 is 37.4 Å². The molecule has 0 saturated heterocycles. The largest absolute Gasteiger partial charge is 0.493 e. The summed E-state index contributed by atoms with van der Waals surface area (Å²) in [7, 11) is 0.399. The molecule has 3 aromatic carbocycles. The van der Waals surface area contributed by atoms with E-state index in [0.717, 1.165) is 11.1 Å². The number of methoxy groups -OCH3 is 3. The van der Waals surface area contributed by atoms with Crippen molar-refractivity contribution in [1.29, 1.82) is 0 Å². The predicted octanol–water partition coefficient (Wildman–Crippen LogP) is 3.99. The molecule has 3 aromatic rings. The number of nitrogens with one attached hydrogen (secondary N) is 1. The summed E-state index contributed by atoms with van der Waals surface area (Å²) in [6.07, 6.45) is 0.0870. The highest BCUT2D eigenvalue weighted by atomic mass is 32.2. The first-order chi connectivity index (χ1) is 18.4. The summed E-state index contributed by atoms with van der Waals surface area (Å²) in [5.74, 6) is -1.78.